The molecule has 2 fully saturated rings. The third-order valence-electron chi connectivity index (χ3n) is 10.1. The van der Waals surface area contributed by atoms with Crippen molar-refractivity contribution in [1.82, 2.24) is 9.47 Å². The van der Waals surface area contributed by atoms with Gasteiger partial charge in [0.15, 0.2) is 5.56 Å². The molecule has 46 heavy (non-hydrogen) atoms. The number of carbonyl (C=O) groups is 1. The molecular formula is C37H39N3O6. The van der Waals surface area contributed by atoms with E-state index in [9.17, 15) is 19.8 Å². The Bertz CT molecular complexity index is 1860. The number of aromatic hydroxyl groups is 1. The van der Waals surface area contributed by atoms with E-state index in [1.165, 1.54) is 10.1 Å². The number of methoxy groups -OCH3 is 2. The average molecular weight is 622 g/mol. The zero-order valence-electron chi connectivity index (χ0n) is 26.4. The van der Waals surface area contributed by atoms with Crippen LogP contribution in [0.25, 0.3) is 11.3 Å². The van der Waals surface area contributed by atoms with Crippen molar-refractivity contribution in [2.75, 3.05) is 39.3 Å². The molecule has 1 saturated carbocycles. The third-order valence-corrected chi connectivity index (χ3v) is 10.1. The Balaban J connectivity index is 1.21. The van der Waals surface area contributed by atoms with E-state index >= 15 is 0 Å². The van der Waals surface area contributed by atoms with Crippen LogP contribution in [0, 0.1) is 11.8 Å². The van der Waals surface area contributed by atoms with Gasteiger partial charge in [-0.2, -0.15) is 0 Å². The second kappa shape index (κ2) is 11.9. The number of carboxylic acid groups (broad SMARTS) is 1. The third kappa shape index (κ3) is 5.18. The van der Waals surface area contributed by atoms with E-state index in [0.717, 1.165) is 49.3 Å². The molecule has 0 radical (unpaired) electrons. The maximum Gasteiger partial charge on any atom is 0.345 e. The Morgan fingerprint density at radius 1 is 0.978 bits per heavy atom. The van der Waals surface area contributed by atoms with Gasteiger partial charge in [-0.3, -0.25) is 9.69 Å². The minimum Gasteiger partial charge on any atom is -0.506 e. The van der Waals surface area contributed by atoms with Gasteiger partial charge in [-0.1, -0.05) is 36.4 Å². The predicted octanol–water partition coefficient (Wildman–Crippen LogP) is 5.04. The van der Waals surface area contributed by atoms with Crippen LogP contribution in [0.4, 0.5) is 5.69 Å². The van der Waals surface area contributed by atoms with Gasteiger partial charge in [0.2, 0.25) is 0 Å². The van der Waals surface area contributed by atoms with Gasteiger partial charge in [-0.15, -0.1) is 0 Å². The zero-order chi connectivity index (χ0) is 32.1. The lowest BCUT2D eigenvalue weighted by atomic mass is 9.97. The van der Waals surface area contributed by atoms with Gasteiger partial charge in [0.05, 0.1) is 26.5 Å². The number of aryl methyl sites for hydroxylation is 1. The molecule has 0 amide bonds. The van der Waals surface area contributed by atoms with Gasteiger partial charge < -0.3 is 29.2 Å². The van der Waals surface area contributed by atoms with Crippen molar-refractivity contribution in [3.05, 3.63) is 105 Å². The van der Waals surface area contributed by atoms with Crippen LogP contribution in [0.3, 0.4) is 0 Å². The van der Waals surface area contributed by atoms with Gasteiger partial charge in [-0.25, -0.2) is 4.79 Å². The molecule has 238 valence electrons. The van der Waals surface area contributed by atoms with Crippen LogP contribution in [0.15, 0.2) is 71.5 Å². The molecular weight excluding hydrogens is 582 g/mol. The molecule has 3 aliphatic rings. The monoisotopic (exact) mass is 621 g/mol. The number of fused-ring (bicyclic) bond motifs is 4. The molecule has 3 aromatic carbocycles. The number of ether oxygens (including phenoxy) is 2. The quantitative estimate of drug-likeness (QED) is 0.268. The summed E-state index contributed by atoms with van der Waals surface area (Å²) in [6.07, 6.45) is 1.93. The summed E-state index contributed by atoms with van der Waals surface area (Å²) < 4.78 is 12.4. The maximum atomic E-state index is 13.8. The maximum absolute atomic E-state index is 13.8. The first-order valence-corrected chi connectivity index (χ1v) is 15.8. The van der Waals surface area contributed by atoms with E-state index in [2.05, 4.69) is 59.3 Å². The summed E-state index contributed by atoms with van der Waals surface area (Å²) >= 11 is 0. The van der Waals surface area contributed by atoms with Gasteiger partial charge in [0.25, 0.3) is 5.56 Å². The number of nitrogens with zero attached hydrogens (tertiary/aromatic N) is 3. The summed E-state index contributed by atoms with van der Waals surface area (Å²) in [5.74, 6) is 0.534. The van der Waals surface area contributed by atoms with E-state index in [0.29, 0.717) is 52.6 Å². The average Bonchev–Trinajstić information content (AvgIpc) is 3.64. The smallest absolute Gasteiger partial charge is 0.345 e. The summed E-state index contributed by atoms with van der Waals surface area (Å²) in [6, 6.07) is 22.9. The molecule has 2 heterocycles. The molecule has 9 heteroatoms. The highest BCUT2D eigenvalue weighted by atomic mass is 16.5. The van der Waals surface area contributed by atoms with Crippen molar-refractivity contribution in [3.63, 3.8) is 0 Å². The number of benzene rings is 3. The summed E-state index contributed by atoms with van der Waals surface area (Å²) in [5, 5.41) is 21.1. The van der Waals surface area contributed by atoms with Crippen molar-refractivity contribution in [2.45, 2.75) is 38.4 Å². The highest BCUT2D eigenvalue weighted by Crippen LogP contribution is 2.50. The first-order chi connectivity index (χ1) is 22.3. The molecule has 0 unspecified atom stereocenters. The second-order valence-corrected chi connectivity index (χ2v) is 12.7. The van der Waals surface area contributed by atoms with E-state index in [-0.39, 0.29) is 6.54 Å². The fourth-order valence-corrected chi connectivity index (χ4v) is 7.81. The van der Waals surface area contributed by atoms with E-state index < -0.39 is 22.8 Å². The number of hydrogen-bond acceptors (Lipinski definition) is 7. The number of aromatic carboxylic acids is 1. The molecule has 4 aromatic rings. The zero-order valence-corrected chi connectivity index (χ0v) is 26.4. The number of carboxylic acids is 1. The van der Waals surface area contributed by atoms with E-state index in [1.54, 1.807) is 26.4 Å². The lowest BCUT2D eigenvalue weighted by molar-refractivity contribution is 0.0690. The molecule has 0 spiro atoms. The first kappa shape index (κ1) is 29.9. The minimum atomic E-state index is -1.44. The number of hydrogen-bond donors (Lipinski definition) is 2. The predicted molar refractivity (Wildman–Crippen MR) is 176 cm³/mol. The van der Waals surface area contributed by atoms with E-state index in [4.69, 9.17) is 9.47 Å². The van der Waals surface area contributed by atoms with Crippen LogP contribution in [-0.4, -0.2) is 66.0 Å². The molecule has 0 bridgehead atoms. The van der Waals surface area contributed by atoms with Crippen LogP contribution < -0.4 is 19.9 Å². The molecule has 7 rings (SSSR count). The van der Waals surface area contributed by atoms with Gasteiger partial charge in [-0.05, 0) is 73.5 Å². The summed E-state index contributed by atoms with van der Waals surface area (Å²) in [7, 11) is 5.34. The number of aromatic nitrogens is 1. The van der Waals surface area contributed by atoms with Crippen molar-refractivity contribution < 1.29 is 24.5 Å². The van der Waals surface area contributed by atoms with Crippen molar-refractivity contribution in [2.24, 2.45) is 11.8 Å². The van der Waals surface area contributed by atoms with Gasteiger partial charge in [0.1, 0.15) is 17.2 Å². The molecule has 9 nitrogen and oxygen atoms in total. The van der Waals surface area contributed by atoms with Crippen molar-refractivity contribution >= 4 is 11.7 Å². The Labute approximate surface area is 268 Å². The van der Waals surface area contributed by atoms with Crippen molar-refractivity contribution in [1.29, 1.82) is 0 Å². The Kier molecular flexibility index (Phi) is 7.72. The molecule has 3 atom stereocenters. The summed E-state index contributed by atoms with van der Waals surface area (Å²) in [6.45, 7) is 3.05. The van der Waals surface area contributed by atoms with Gasteiger partial charge >= 0.3 is 5.97 Å². The second-order valence-electron chi connectivity index (χ2n) is 12.7. The van der Waals surface area contributed by atoms with Crippen LogP contribution in [0.2, 0.25) is 0 Å². The lowest BCUT2D eigenvalue weighted by Gasteiger charge is -2.27. The van der Waals surface area contributed by atoms with Crippen LogP contribution in [0.1, 0.15) is 39.0 Å². The number of rotatable bonds is 9. The van der Waals surface area contributed by atoms with Crippen LogP contribution in [-0.2, 0) is 25.9 Å². The summed E-state index contributed by atoms with van der Waals surface area (Å²) in [5.41, 5.74) is 4.83. The van der Waals surface area contributed by atoms with E-state index in [1.807, 2.05) is 12.1 Å². The van der Waals surface area contributed by atoms with Crippen LogP contribution >= 0.6 is 0 Å². The molecule has 1 saturated heterocycles. The standard InChI is InChI=1S/C37H39N3O6/c1-38(18-22-8-5-4-6-9-22)33-29-20-39(21-30(29)33)25-13-15-27-23(16-25)10-7-11-28-34(27)40(36(42)32(35(28)41)37(43)44)19-24-12-14-26(45-2)17-31(24)46-3/h4-6,8-9,12-17,29-30,33,41H,7,10-11,18-21H2,1-3H3,(H,43,44)/t29-,30+,33+. The normalized spacial score (nSPS) is 19.7. The molecule has 1 aromatic heterocycles. The fraction of sp³-hybridized carbons (Fsp3) is 0.351. The fourth-order valence-electron chi connectivity index (χ4n) is 7.81. The molecule has 2 aliphatic carbocycles. The SMILES string of the molecule is COc1ccc(Cn2c3c(c(O)c(C(=O)O)c2=O)CCCc2cc(N4C[C@@H]5[C@H](C4)[C@H]5N(C)Cc4ccccc4)ccc2-3)c(OC)c1. The highest BCUT2D eigenvalue weighted by Gasteiger charge is 2.57. The Morgan fingerprint density at radius 3 is 2.43 bits per heavy atom. The molecule has 1 aliphatic heterocycles. The Morgan fingerprint density at radius 2 is 1.74 bits per heavy atom. The Hall–Kier alpha value is -4.76. The summed E-state index contributed by atoms with van der Waals surface area (Å²) in [4.78, 5) is 31.0. The molecule has 2 N–H and O–H groups in total. The number of anilines is 1. The highest BCUT2D eigenvalue weighted by molar-refractivity contribution is 5.92. The first-order valence-electron chi connectivity index (χ1n) is 15.8. The number of pyridine rings is 1. The minimum absolute atomic E-state index is 0.0729. The van der Waals surface area contributed by atoms with Crippen molar-refractivity contribution in [3.8, 4) is 28.5 Å². The lowest BCUT2D eigenvalue weighted by Crippen LogP contribution is -2.32. The van der Waals surface area contributed by atoms with Crippen LogP contribution in [0.5, 0.6) is 17.2 Å². The number of piperidine rings is 1. The topological polar surface area (TPSA) is 104 Å². The largest absolute Gasteiger partial charge is 0.506 e. The van der Waals surface area contributed by atoms with Gasteiger partial charge in [0, 0.05) is 54.1 Å².